The average molecular weight is 190 g/mol. The average Bonchev–Trinajstić information content (AvgIpc) is 2.00. The zero-order valence-corrected chi connectivity index (χ0v) is 9.42. The van der Waals surface area contributed by atoms with Gasteiger partial charge in [0.25, 0.3) is 0 Å². The molecule has 0 aliphatic rings. The lowest BCUT2D eigenvalue weighted by atomic mass is 10.2. The van der Waals surface area contributed by atoms with Gasteiger partial charge in [0.2, 0.25) is 0 Å². The van der Waals surface area contributed by atoms with Gasteiger partial charge in [-0.15, -0.1) is 0 Å². The molecule has 0 N–H and O–H groups in total. The van der Waals surface area contributed by atoms with E-state index in [9.17, 15) is 0 Å². The van der Waals surface area contributed by atoms with Crippen molar-refractivity contribution in [2.45, 2.75) is 46.5 Å². The molecule has 0 atom stereocenters. The topological polar surface area (TPSA) is 27.7 Å². The summed E-state index contributed by atoms with van der Waals surface area (Å²) in [5.41, 5.74) is -0.132. The number of hydrogen-bond acceptors (Lipinski definition) is 3. The quantitative estimate of drug-likeness (QED) is 0.601. The molecule has 0 heterocycles. The van der Waals surface area contributed by atoms with Gasteiger partial charge < -0.3 is 14.2 Å². The fourth-order valence-corrected chi connectivity index (χ4v) is 0.834. The van der Waals surface area contributed by atoms with Crippen molar-refractivity contribution in [3.05, 3.63) is 0 Å². The van der Waals surface area contributed by atoms with E-state index in [-0.39, 0.29) is 11.9 Å². The van der Waals surface area contributed by atoms with Crippen molar-refractivity contribution in [1.82, 2.24) is 0 Å². The van der Waals surface area contributed by atoms with Crippen molar-refractivity contribution < 1.29 is 14.2 Å². The lowest BCUT2D eigenvalue weighted by molar-refractivity contribution is -0.185. The standard InChI is InChI=1S/C10H22O3/c1-6-11-9(12-7-2)8-13-10(3,4)5/h9H,6-8H2,1-5H3. The van der Waals surface area contributed by atoms with E-state index in [0.717, 1.165) is 0 Å². The minimum Gasteiger partial charge on any atom is -0.371 e. The maximum absolute atomic E-state index is 5.55. The summed E-state index contributed by atoms with van der Waals surface area (Å²) in [6.45, 7) is 11.7. The molecule has 80 valence electrons. The summed E-state index contributed by atoms with van der Waals surface area (Å²) in [6, 6.07) is 0. The third-order valence-corrected chi connectivity index (χ3v) is 1.36. The lowest BCUT2D eigenvalue weighted by Gasteiger charge is -2.24. The molecule has 13 heavy (non-hydrogen) atoms. The van der Waals surface area contributed by atoms with E-state index in [1.807, 2.05) is 34.6 Å². The minimum atomic E-state index is -0.228. The molecule has 0 fully saturated rings. The van der Waals surface area contributed by atoms with Crippen LogP contribution in [0.2, 0.25) is 0 Å². The van der Waals surface area contributed by atoms with Crippen LogP contribution in [0.3, 0.4) is 0 Å². The Bertz CT molecular complexity index is 112. The molecule has 0 saturated heterocycles. The minimum absolute atomic E-state index is 0.132. The van der Waals surface area contributed by atoms with E-state index in [1.54, 1.807) is 0 Å². The highest BCUT2D eigenvalue weighted by Gasteiger charge is 2.15. The maximum atomic E-state index is 5.55. The molecule has 0 aromatic rings. The molecular weight excluding hydrogens is 168 g/mol. The van der Waals surface area contributed by atoms with Crippen LogP contribution >= 0.6 is 0 Å². The highest BCUT2D eigenvalue weighted by molar-refractivity contribution is 4.59. The fraction of sp³-hybridized carbons (Fsp3) is 1.00. The Morgan fingerprint density at radius 3 is 1.77 bits per heavy atom. The largest absolute Gasteiger partial charge is 0.371 e. The van der Waals surface area contributed by atoms with Crippen molar-refractivity contribution in [2.75, 3.05) is 19.8 Å². The molecule has 0 aromatic heterocycles. The molecule has 3 heteroatoms. The zero-order valence-electron chi connectivity index (χ0n) is 9.42. The zero-order chi connectivity index (χ0) is 10.3. The van der Waals surface area contributed by atoms with E-state index in [1.165, 1.54) is 0 Å². The van der Waals surface area contributed by atoms with Gasteiger partial charge in [-0.2, -0.15) is 0 Å². The first-order chi connectivity index (χ1) is 5.99. The monoisotopic (exact) mass is 190 g/mol. The van der Waals surface area contributed by atoms with Crippen LogP contribution in [0.25, 0.3) is 0 Å². The molecule has 0 radical (unpaired) electrons. The number of rotatable bonds is 6. The molecule has 0 aliphatic carbocycles. The van der Waals surface area contributed by atoms with E-state index in [2.05, 4.69) is 0 Å². The van der Waals surface area contributed by atoms with E-state index in [4.69, 9.17) is 14.2 Å². The Hall–Kier alpha value is -0.120. The molecule has 0 amide bonds. The molecule has 3 nitrogen and oxygen atoms in total. The molecule has 0 saturated carbocycles. The van der Waals surface area contributed by atoms with Crippen molar-refractivity contribution in [3.63, 3.8) is 0 Å². The molecular formula is C10H22O3. The highest BCUT2D eigenvalue weighted by Crippen LogP contribution is 2.08. The first-order valence-corrected chi connectivity index (χ1v) is 4.86. The van der Waals surface area contributed by atoms with Gasteiger partial charge in [0.15, 0.2) is 6.29 Å². The van der Waals surface area contributed by atoms with Gasteiger partial charge in [-0.1, -0.05) is 0 Å². The second-order valence-corrected chi connectivity index (χ2v) is 3.76. The van der Waals surface area contributed by atoms with Crippen LogP contribution in [0.5, 0.6) is 0 Å². The van der Waals surface area contributed by atoms with Crippen LogP contribution < -0.4 is 0 Å². The first kappa shape index (κ1) is 12.9. The summed E-state index contributed by atoms with van der Waals surface area (Å²) in [4.78, 5) is 0. The van der Waals surface area contributed by atoms with Crippen LogP contribution in [0.15, 0.2) is 0 Å². The lowest BCUT2D eigenvalue weighted by Crippen LogP contribution is -2.29. The predicted octanol–water partition coefficient (Wildman–Crippen LogP) is 2.20. The Balaban J connectivity index is 3.68. The highest BCUT2D eigenvalue weighted by atomic mass is 16.7. The summed E-state index contributed by atoms with van der Waals surface area (Å²) >= 11 is 0. The summed E-state index contributed by atoms with van der Waals surface area (Å²) in [6.07, 6.45) is -0.228. The summed E-state index contributed by atoms with van der Waals surface area (Å²) in [5, 5.41) is 0. The fourth-order valence-electron chi connectivity index (χ4n) is 0.834. The molecule has 0 unspecified atom stereocenters. The summed E-state index contributed by atoms with van der Waals surface area (Å²) < 4.78 is 16.2. The van der Waals surface area contributed by atoms with Gasteiger partial charge in [-0.25, -0.2) is 0 Å². The third kappa shape index (κ3) is 8.22. The first-order valence-electron chi connectivity index (χ1n) is 4.86. The molecule has 0 rings (SSSR count). The Morgan fingerprint density at radius 2 is 1.46 bits per heavy atom. The second kappa shape index (κ2) is 6.35. The van der Waals surface area contributed by atoms with Gasteiger partial charge in [0, 0.05) is 13.2 Å². The normalized spacial score (nSPS) is 12.5. The predicted molar refractivity (Wildman–Crippen MR) is 52.7 cm³/mol. The number of hydrogen-bond donors (Lipinski definition) is 0. The summed E-state index contributed by atoms with van der Waals surface area (Å²) in [7, 11) is 0. The van der Waals surface area contributed by atoms with Crippen molar-refractivity contribution in [2.24, 2.45) is 0 Å². The van der Waals surface area contributed by atoms with Gasteiger partial charge >= 0.3 is 0 Å². The third-order valence-electron chi connectivity index (χ3n) is 1.36. The van der Waals surface area contributed by atoms with Gasteiger partial charge in [0.1, 0.15) is 0 Å². The van der Waals surface area contributed by atoms with Gasteiger partial charge in [-0.3, -0.25) is 0 Å². The number of ether oxygens (including phenoxy) is 3. The van der Waals surface area contributed by atoms with Crippen LogP contribution in [-0.2, 0) is 14.2 Å². The maximum Gasteiger partial charge on any atom is 0.180 e. The molecule has 0 bridgehead atoms. The van der Waals surface area contributed by atoms with Crippen LogP contribution in [0.4, 0.5) is 0 Å². The van der Waals surface area contributed by atoms with E-state index >= 15 is 0 Å². The smallest absolute Gasteiger partial charge is 0.180 e. The van der Waals surface area contributed by atoms with Gasteiger partial charge in [0.05, 0.1) is 12.2 Å². The van der Waals surface area contributed by atoms with E-state index in [0.29, 0.717) is 19.8 Å². The van der Waals surface area contributed by atoms with Gasteiger partial charge in [-0.05, 0) is 34.6 Å². The van der Waals surface area contributed by atoms with Crippen molar-refractivity contribution in [3.8, 4) is 0 Å². The van der Waals surface area contributed by atoms with Crippen LogP contribution in [0.1, 0.15) is 34.6 Å². The molecule has 0 aromatic carbocycles. The van der Waals surface area contributed by atoms with E-state index < -0.39 is 0 Å². The Kier molecular flexibility index (Phi) is 6.29. The summed E-state index contributed by atoms with van der Waals surface area (Å²) in [5.74, 6) is 0. The van der Waals surface area contributed by atoms with Crippen LogP contribution in [0, 0.1) is 0 Å². The SMILES string of the molecule is CCOC(COC(C)(C)C)OCC. The molecule has 0 spiro atoms. The van der Waals surface area contributed by atoms with Crippen molar-refractivity contribution >= 4 is 0 Å². The van der Waals surface area contributed by atoms with Crippen molar-refractivity contribution in [1.29, 1.82) is 0 Å². The Labute approximate surface area is 81.4 Å². The Morgan fingerprint density at radius 1 is 1.00 bits per heavy atom. The molecule has 0 aliphatic heterocycles. The second-order valence-electron chi connectivity index (χ2n) is 3.76. The van der Waals surface area contributed by atoms with Crippen LogP contribution in [-0.4, -0.2) is 31.7 Å².